The van der Waals surface area contributed by atoms with E-state index in [1.807, 2.05) is 6.07 Å². The van der Waals surface area contributed by atoms with E-state index in [0.717, 1.165) is 0 Å². The molecule has 0 spiro atoms. The Hall–Kier alpha value is -3.30. The fourth-order valence-corrected chi connectivity index (χ4v) is 4.76. The summed E-state index contributed by atoms with van der Waals surface area (Å²) in [5.74, 6) is -0.471. The summed E-state index contributed by atoms with van der Waals surface area (Å²) in [6.45, 7) is 0.671. The van der Waals surface area contributed by atoms with E-state index in [9.17, 15) is 13.2 Å². The van der Waals surface area contributed by atoms with Gasteiger partial charge in [0.05, 0.1) is 28.6 Å². The predicted molar refractivity (Wildman–Crippen MR) is 113 cm³/mol. The molecule has 0 unspecified atom stereocenters. The SMILES string of the molecule is Nc1ncc(-c2ccc(S(=O)(=O)[C@@H]3CCOC3)cc2)nc1C(=O)Nc1ccccc1. The number of hydrogen-bond acceptors (Lipinski definition) is 7. The van der Waals surface area contributed by atoms with Crippen molar-refractivity contribution in [2.45, 2.75) is 16.6 Å². The van der Waals surface area contributed by atoms with E-state index in [0.29, 0.717) is 30.0 Å². The molecule has 0 aliphatic carbocycles. The van der Waals surface area contributed by atoms with Gasteiger partial charge in [0.1, 0.15) is 0 Å². The highest BCUT2D eigenvalue weighted by atomic mass is 32.2. The van der Waals surface area contributed by atoms with Crippen LogP contribution in [-0.4, -0.2) is 42.8 Å². The van der Waals surface area contributed by atoms with Gasteiger partial charge in [0.2, 0.25) is 0 Å². The molecule has 0 bridgehead atoms. The number of benzene rings is 2. The molecule has 1 atom stereocenters. The summed E-state index contributed by atoms with van der Waals surface area (Å²) in [5, 5.41) is 2.20. The largest absolute Gasteiger partial charge is 0.382 e. The highest BCUT2D eigenvalue weighted by molar-refractivity contribution is 7.92. The average Bonchev–Trinajstić information content (AvgIpc) is 3.31. The predicted octanol–water partition coefficient (Wildman–Crippen LogP) is 2.54. The second-order valence-electron chi connectivity index (χ2n) is 6.86. The molecular weight excluding hydrogens is 404 g/mol. The highest BCUT2D eigenvalue weighted by Crippen LogP contribution is 2.25. The summed E-state index contributed by atoms with van der Waals surface area (Å²) >= 11 is 0. The molecule has 8 nitrogen and oxygen atoms in total. The van der Waals surface area contributed by atoms with Crippen LogP contribution >= 0.6 is 0 Å². The van der Waals surface area contributed by atoms with Gasteiger partial charge in [0.15, 0.2) is 21.3 Å². The zero-order chi connectivity index (χ0) is 21.1. The van der Waals surface area contributed by atoms with Gasteiger partial charge in [-0.05, 0) is 30.7 Å². The van der Waals surface area contributed by atoms with Gasteiger partial charge in [0, 0.05) is 17.9 Å². The number of nitrogens with one attached hydrogen (secondary N) is 1. The Morgan fingerprint density at radius 1 is 1.10 bits per heavy atom. The Labute approximate surface area is 174 Å². The van der Waals surface area contributed by atoms with E-state index in [1.54, 1.807) is 36.4 Å². The Kier molecular flexibility index (Phi) is 5.47. The maximum absolute atomic E-state index is 12.7. The third kappa shape index (κ3) is 4.03. The first-order valence-electron chi connectivity index (χ1n) is 9.36. The van der Waals surface area contributed by atoms with Gasteiger partial charge in [0.25, 0.3) is 5.91 Å². The number of amides is 1. The van der Waals surface area contributed by atoms with Gasteiger partial charge in [-0.3, -0.25) is 4.79 Å². The Balaban J connectivity index is 1.58. The number of hydrogen-bond donors (Lipinski definition) is 2. The summed E-state index contributed by atoms with van der Waals surface area (Å²) < 4.78 is 30.5. The van der Waals surface area contributed by atoms with E-state index >= 15 is 0 Å². The molecule has 0 radical (unpaired) electrons. The van der Waals surface area contributed by atoms with E-state index in [4.69, 9.17) is 10.5 Å². The standard InChI is InChI=1S/C21H20N4O4S/c22-20-19(21(26)24-15-4-2-1-3-5-15)25-18(12-23-20)14-6-8-16(9-7-14)30(27,28)17-10-11-29-13-17/h1-9,12,17H,10-11,13H2,(H2,22,23)(H,24,26)/t17-/m1/s1. The number of para-hydroxylation sites is 1. The third-order valence-electron chi connectivity index (χ3n) is 4.85. The van der Waals surface area contributed by atoms with Crippen LogP contribution < -0.4 is 11.1 Å². The van der Waals surface area contributed by atoms with Gasteiger partial charge in [-0.2, -0.15) is 0 Å². The first-order chi connectivity index (χ1) is 14.4. The number of carbonyl (C=O) groups excluding carboxylic acids is 1. The monoisotopic (exact) mass is 424 g/mol. The van der Waals surface area contributed by atoms with Gasteiger partial charge in [-0.25, -0.2) is 18.4 Å². The molecule has 1 saturated heterocycles. The van der Waals surface area contributed by atoms with Crippen LogP contribution in [0.2, 0.25) is 0 Å². The Morgan fingerprint density at radius 2 is 1.83 bits per heavy atom. The second-order valence-corrected chi connectivity index (χ2v) is 9.09. The maximum Gasteiger partial charge on any atom is 0.278 e. The van der Waals surface area contributed by atoms with Crippen LogP contribution in [-0.2, 0) is 14.6 Å². The van der Waals surface area contributed by atoms with Crippen molar-refractivity contribution in [2.24, 2.45) is 0 Å². The van der Waals surface area contributed by atoms with Gasteiger partial charge >= 0.3 is 0 Å². The van der Waals surface area contributed by atoms with Crippen molar-refractivity contribution in [1.82, 2.24) is 9.97 Å². The minimum Gasteiger partial charge on any atom is -0.382 e. The van der Waals surface area contributed by atoms with Crippen LogP contribution in [0, 0.1) is 0 Å². The molecule has 30 heavy (non-hydrogen) atoms. The Morgan fingerprint density at radius 3 is 2.50 bits per heavy atom. The van der Waals surface area contributed by atoms with Crippen molar-refractivity contribution in [3.05, 3.63) is 66.5 Å². The van der Waals surface area contributed by atoms with Crippen molar-refractivity contribution in [3.8, 4) is 11.3 Å². The number of rotatable bonds is 5. The first-order valence-corrected chi connectivity index (χ1v) is 10.9. The van der Waals surface area contributed by atoms with Gasteiger partial charge < -0.3 is 15.8 Å². The van der Waals surface area contributed by atoms with Crippen molar-refractivity contribution >= 4 is 27.2 Å². The van der Waals surface area contributed by atoms with E-state index in [1.165, 1.54) is 18.3 Å². The topological polar surface area (TPSA) is 124 Å². The molecule has 1 aromatic heterocycles. The number of anilines is 2. The molecule has 1 aliphatic heterocycles. The van der Waals surface area contributed by atoms with Crippen LogP contribution in [0.5, 0.6) is 0 Å². The average molecular weight is 424 g/mol. The van der Waals surface area contributed by atoms with Crippen molar-refractivity contribution in [1.29, 1.82) is 0 Å². The summed E-state index contributed by atoms with van der Waals surface area (Å²) in [6, 6.07) is 15.3. The molecule has 2 aromatic carbocycles. The zero-order valence-electron chi connectivity index (χ0n) is 16.0. The fourth-order valence-electron chi connectivity index (χ4n) is 3.18. The highest BCUT2D eigenvalue weighted by Gasteiger charge is 2.31. The number of aromatic nitrogens is 2. The van der Waals surface area contributed by atoms with Crippen LogP contribution in [0.4, 0.5) is 11.5 Å². The minimum atomic E-state index is -3.45. The summed E-state index contributed by atoms with van der Waals surface area (Å²) in [4.78, 5) is 21.2. The zero-order valence-corrected chi connectivity index (χ0v) is 16.8. The molecule has 0 saturated carbocycles. The van der Waals surface area contributed by atoms with Gasteiger partial charge in [-0.1, -0.05) is 30.3 Å². The van der Waals surface area contributed by atoms with Crippen LogP contribution in [0.1, 0.15) is 16.9 Å². The number of nitrogen functional groups attached to an aromatic ring is 1. The summed E-state index contributed by atoms with van der Waals surface area (Å²) in [7, 11) is -3.45. The van der Waals surface area contributed by atoms with Crippen molar-refractivity contribution in [3.63, 3.8) is 0 Å². The minimum absolute atomic E-state index is 0.00356. The lowest BCUT2D eigenvalue weighted by molar-refractivity contribution is 0.102. The van der Waals surface area contributed by atoms with Crippen LogP contribution in [0.15, 0.2) is 65.7 Å². The lowest BCUT2D eigenvalue weighted by atomic mass is 10.1. The smallest absolute Gasteiger partial charge is 0.278 e. The maximum atomic E-state index is 12.7. The third-order valence-corrected chi connectivity index (χ3v) is 7.03. The molecule has 4 rings (SSSR count). The number of sulfone groups is 1. The number of ether oxygens (including phenoxy) is 1. The normalized spacial score (nSPS) is 16.3. The summed E-state index contributed by atoms with van der Waals surface area (Å²) in [5.41, 5.74) is 7.49. The molecule has 154 valence electrons. The molecule has 3 N–H and O–H groups in total. The molecule has 1 fully saturated rings. The van der Waals surface area contributed by atoms with Crippen LogP contribution in [0.25, 0.3) is 11.3 Å². The van der Waals surface area contributed by atoms with Crippen LogP contribution in [0.3, 0.4) is 0 Å². The quantitative estimate of drug-likeness (QED) is 0.645. The first kappa shape index (κ1) is 20.0. The number of carbonyl (C=O) groups is 1. The second kappa shape index (κ2) is 8.21. The number of nitrogens with two attached hydrogens (primary N) is 1. The van der Waals surface area contributed by atoms with E-state index in [2.05, 4.69) is 15.3 Å². The number of nitrogens with zero attached hydrogens (tertiary/aromatic N) is 2. The lowest BCUT2D eigenvalue weighted by Crippen LogP contribution is -2.21. The molecule has 1 aliphatic rings. The molecule has 3 aromatic rings. The van der Waals surface area contributed by atoms with Crippen molar-refractivity contribution < 1.29 is 17.9 Å². The Bertz CT molecular complexity index is 1160. The van der Waals surface area contributed by atoms with Gasteiger partial charge in [-0.15, -0.1) is 0 Å². The lowest BCUT2D eigenvalue weighted by Gasteiger charge is -2.11. The van der Waals surface area contributed by atoms with E-state index < -0.39 is 21.0 Å². The fraction of sp³-hybridized carbons (Fsp3) is 0.190. The molecule has 2 heterocycles. The van der Waals surface area contributed by atoms with Crippen molar-refractivity contribution in [2.75, 3.05) is 24.3 Å². The molecule has 1 amide bonds. The van der Waals surface area contributed by atoms with E-state index in [-0.39, 0.29) is 23.0 Å². The summed E-state index contributed by atoms with van der Waals surface area (Å²) in [6.07, 6.45) is 1.94. The molecular formula is C21H20N4O4S. The molecule has 9 heteroatoms.